The fourth-order valence-electron chi connectivity index (χ4n) is 2.17. The molecule has 0 unspecified atom stereocenters. The topological polar surface area (TPSA) is 63.4 Å². The highest BCUT2D eigenvalue weighted by Gasteiger charge is 2.23. The Morgan fingerprint density at radius 2 is 1.81 bits per heavy atom. The van der Waals surface area contributed by atoms with Crippen LogP contribution in [-0.2, 0) is 16.6 Å². The highest BCUT2D eigenvalue weighted by atomic mass is 32.2. The van der Waals surface area contributed by atoms with E-state index in [1.165, 1.54) is 10.4 Å². The van der Waals surface area contributed by atoms with Crippen LogP contribution < -0.4 is 5.73 Å². The summed E-state index contributed by atoms with van der Waals surface area (Å²) in [6, 6.07) is 14.2. The molecule has 0 atom stereocenters. The van der Waals surface area contributed by atoms with E-state index in [0.29, 0.717) is 18.8 Å². The highest BCUT2D eigenvalue weighted by molar-refractivity contribution is 7.89. The largest absolute Gasteiger partial charge is 0.399 e. The number of hydrogen-bond acceptors (Lipinski definition) is 3. The summed E-state index contributed by atoms with van der Waals surface area (Å²) in [7, 11) is -3.54. The molecule has 112 valence electrons. The van der Waals surface area contributed by atoms with Crippen LogP contribution in [0.1, 0.15) is 18.1 Å². The van der Waals surface area contributed by atoms with Gasteiger partial charge in [-0.05, 0) is 36.2 Å². The molecule has 0 heterocycles. The van der Waals surface area contributed by atoms with E-state index < -0.39 is 10.0 Å². The van der Waals surface area contributed by atoms with Gasteiger partial charge in [-0.2, -0.15) is 4.31 Å². The molecule has 0 radical (unpaired) electrons. The number of sulfonamides is 1. The maximum absolute atomic E-state index is 12.7. The second-order valence-electron chi connectivity index (χ2n) is 4.93. The molecule has 4 nitrogen and oxygen atoms in total. The lowest BCUT2D eigenvalue weighted by Crippen LogP contribution is -2.30. The van der Waals surface area contributed by atoms with Crippen molar-refractivity contribution < 1.29 is 8.42 Å². The Morgan fingerprint density at radius 1 is 1.10 bits per heavy atom. The Kier molecular flexibility index (Phi) is 4.65. The van der Waals surface area contributed by atoms with Gasteiger partial charge in [-0.25, -0.2) is 8.42 Å². The summed E-state index contributed by atoms with van der Waals surface area (Å²) >= 11 is 0. The highest BCUT2D eigenvalue weighted by Crippen LogP contribution is 2.21. The van der Waals surface area contributed by atoms with Crippen molar-refractivity contribution >= 4 is 15.7 Å². The summed E-state index contributed by atoms with van der Waals surface area (Å²) < 4.78 is 26.9. The quantitative estimate of drug-likeness (QED) is 0.864. The van der Waals surface area contributed by atoms with Crippen LogP contribution in [0, 0.1) is 6.92 Å². The molecule has 0 amide bonds. The minimum absolute atomic E-state index is 0.234. The minimum Gasteiger partial charge on any atom is -0.399 e. The van der Waals surface area contributed by atoms with Crippen molar-refractivity contribution in [1.82, 2.24) is 4.31 Å². The first-order valence-electron chi connectivity index (χ1n) is 6.85. The number of nitrogen functional groups attached to an aromatic ring is 1. The van der Waals surface area contributed by atoms with E-state index >= 15 is 0 Å². The minimum atomic E-state index is -3.54. The predicted molar refractivity (Wildman–Crippen MR) is 85.3 cm³/mol. The third-order valence-corrected chi connectivity index (χ3v) is 5.37. The van der Waals surface area contributed by atoms with E-state index in [0.717, 1.165) is 11.1 Å². The second kappa shape index (κ2) is 6.28. The number of hydrogen-bond donors (Lipinski definition) is 1. The van der Waals surface area contributed by atoms with Crippen LogP contribution in [0.15, 0.2) is 53.4 Å². The molecule has 2 N–H and O–H groups in total. The molecule has 2 aromatic carbocycles. The molecular weight excluding hydrogens is 284 g/mol. The molecule has 0 fully saturated rings. The molecule has 0 aliphatic rings. The Labute approximate surface area is 126 Å². The predicted octanol–water partition coefficient (Wildman–Crippen LogP) is 2.79. The zero-order valence-electron chi connectivity index (χ0n) is 12.3. The zero-order chi connectivity index (χ0) is 15.5. The van der Waals surface area contributed by atoms with Gasteiger partial charge in [-0.1, -0.05) is 37.3 Å². The van der Waals surface area contributed by atoms with Crippen molar-refractivity contribution in [2.75, 3.05) is 12.3 Å². The van der Waals surface area contributed by atoms with E-state index in [-0.39, 0.29) is 4.90 Å². The molecule has 0 bridgehead atoms. The average molecular weight is 304 g/mol. The Bertz CT molecular complexity index is 727. The summed E-state index contributed by atoms with van der Waals surface area (Å²) in [5.41, 5.74) is 8.23. The Hall–Kier alpha value is -1.85. The summed E-state index contributed by atoms with van der Waals surface area (Å²) in [4.78, 5) is 0.234. The number of nitrogens with zero attached hydrogens (tertiary/aromatic N) is 1. The third kappa shape index (κ3) is 3.43. The Balaban J connectivity index is 2.35. The molecule has 21 heavy (non-hydrogen) atoms. The van der Waals surface area contributed by atoms with Crippen LogP contribution >= 0.6 is 0 Å². The third-order valence-electron chi connectivity index (χ3n) is 3.46. The number of benzene rings is 2. The number of anilines is 1. The SMILES string of the molecule is CCN(Cc1ccccc1C)S(=O)(=O)c1cccc(N)c1. The molecule has 5 heteroatoms. The van der Waals surface area contributed by atoms with Crippen molar-refractivity contribution in [2.24, 2.45) is 0 Å². The van der Waals surface area contributed by atoms with Gasteiger partial charge in [-0.3, -0.25) is 0 Å². The van der Waals surface area contributed by atoms with Gasteiger partial charge in [0.15, 0.2) is 0 Å². The van der Waals surface area contributed by atoms with Crippen molar-refractivity contribution in [3.8, 4) is 0 Å². The normalized spacial score (nSPS) is 11.8. The summed E-state index contributed by atoms with van der Waals surface area (Å²) in [5, 5.41) is 0. The number of rotatable bonds is 5. The molecule has 2 rings (SSSR count). The Morgan fingerprint density at radius 3 is 2.43 bits per heavy atom. The first-order chi connectivity index (χ1) is 9.95. The summed E-state index contributed by atoms with van der Waals surface area (Å²) in [5.74, 6) is 0. The molecule has 0 aliphatic carbocycles. The molecule has 0 aliphatic heterocycles. The molecule has 2 aromatic rings. The van der Waals surface area contributed by atoms with Gasteiger partial charge in [0.25, 0.3) is 0 Å². The molecule has 0 saturated carbocycles. The van der Waals surface area contributed by atoms with E-state index in [1.54, 1.807) is 18.2 Å². The molecular formula is C16H20N2O2S. The molecule has 0 spiro atoms. The summed E-state index contributed by atoms with van der Waals surface area (Å²) in [6.07, 6.45) is 0. The maximum Gasteiger partial charge on any atom is 0.243 e. The fraction of sp³-hybridized carbons (Fsp3) is 0.250. The lowest BCUT2D eigenvalue weighted by atomic mass is 10.1. The van der Waals surface area contributed by atoms with E-state index in [1.807, 2.05) is 38.1 Å². The smallest absolute Gasteiger partial charge is 0.243 e. The summed E-state index contributed by atoms with van der Waals surface area (Å²) in [6.45, 7) is 4.59. The maximum atomic E-state index is 12.7. The first-order valence-corrected chi connectivity index (χ1v) is 8.29. The van der Waals surface area contributed by atoms with Crippen molar-refractivity contribution in [3.05, 3.63) is 59.7 Å². The van der Waals surface area contributed by atoms with Crippen molar-refractivity contribution in [2.45, 2.75) is 25.3 Å². The standard InChI is InChI=1S/C16H20N2O2S/c1-3-18(12-14-8-5-4-7-13(14)2)21(19,20)16-10-6-9-15(17)11-16/h4-11H,3,12,17H2,1-2H3. The van der Waals surface area contributed by atoms with Crippen molar-refractivity contribution in [1.29, 1.82) is 0 Å². The van der Waals surface area contributed by atoms with Crippen LogP contribution in [0.25, 0.3) is 0 Å². The van der Waals surface area contributed by atoms with Crippen LogP contribution in [0.5, 0.6) is 0 Å². The van der Waals surface area contributed by atoms with Crippen molar-refractivity contribution in [3.63, 3.8) is 0 Å². The fourth-order valence-corrected chi connectivity index (χ4v) is 3.65. The zero-order valence-corrected chi connectivity index (χ0v) is 13.1. The monoisotopic (exact) mass is 304 g/mol. The van der Waals surface area contributed by atoms with Crippen LogP contribution in [0.4, 0.5) is 5.69 Å². The molecule has 0 saturated heterocycles. The second-order valence-corrected chi connectivity index (χ2v) is 6.87. The van der Waals surface area contributed by atoms with Gasteiger partial charge >= 0.3 is 0 Å². The van der Waals surface area contributed by atoms with Crippen LogP contribution in [-0.4, -0.2) is 19.3 Å². The van der Waals surface area contributed by atoms with Gasteiger partial charge in [0.2, 0.25) is 10.0 Å². The van der Waals surface area contributed by atoms with Gasteiger partial charge in [0.05, 0.1) is 4.90 Å². The molecule has 0 aromatic heterocycles. The van der Waals surface area contributed by atoms with Gasteiger partial charge in [0, 0.05) is 18.8 Å². The number of aryl methyl sites for hydroxylation is 1. The van der Waals surface area contributed by atoms with Gasteiger partial charge in [0.1, 0.15) is 0 Å². The van der Waals surface area contributed by atoms with Crippen LogP contribution in [0.2, 0.25) is 0 Å². The van der Waals surface area contributed by atoms with Gasteiger partial charge in [-0.15, -0.1) is 0 Å². The van der Waals surface area contributed by atoms with E-state index in [2.05, 4.69) is 0 Å². The number of nitrogens with two attached hydrogens (primary N) is 1. The lowest BCUT2D eigenvalue weighted by Gasteiger charge is -2.21. The van der Waals surface area contributed by atoms with E-state index in [4.69, 9.17) is 5.73 Å². The van der Waals surface area contributed by atoms with E-state index in [9.17, 15) is 8.42 Å². The van der Waals surface area contributed by atoms with Crippen LogP contribution in [0.3, 0.4) is 0 Å². The first kappa shape index (κ1) is 15.5. The average Bonchev–Trinajstić information content (AvgIpc) is 2.46. The lowest BCUT2D eigenvalue weighted by molar-refractivity contribution is 0.423. The van der Waals surface area contributed by atoms with Gasteiger partial charge < -0.3 is 5.73 Å².